The Hall–Kier alpha value is -2.87. The summed E-state index contributed by atoms with van der Waals surface area (Å²) in [6.07, 6.45) is -5.70. The van der Waals surface area contributed by atoms with Crippen LogP contribution in [0.25, 0.3) is 0 Å². The van der Waals surface area contributed by atoms with Crippen molar-refractivity contribution < 1.29 is 28.2 Å². The van der Waals surface area contributed by atoms with E-state index in [1.807, 2.05) is 0 Å². The average Bonchev–Trinajstić information content (AvgIpc) is 2.97. The van der Waals surface area contributed by atoms with Gasteiger partial charge in [0, 0.05) is 5.56 Å². The summed E-state index contributed by atoms with van der Waals surface area (Å²) >= 11 is 0. The van der Waals surface area contributed by atoms with E-state index in [1.165, 1.54) is 36.4 Å². The SMILES string of the molecule is Cc1cccc(C(=O)N2N=C(C(F)(F)F)C[C@]2(O)c2ccccc2)c1O. The van der Waals surface area contributed by atoms with Gasteiger partial charge in [-0.05, 0) is 18.6 Å². The predicted molar refractivity (Wildman–Crippen MR) is 87.5 cm³/mol. The number of carbonyl (C=O) groups excluding carboxylic acids is 1. The van der Waals surface area contributed by atoms with Crippen LogP contribution in [0.2, 0.25) is 0 Å². The monoisotopic (exact) mass is 364 g/mol. The van der Waals surface area contributed by atoms with Gasteiger partial charge in [0.05, 0.1) is 12.0 Å². The number of benzene rings is 2. The number of halogens is 3. The van der Waals surface area contributed by atoms with Crippen LogP contribution in [0.1, 0.15) is 27.9 Å². The van der Waals surface area contributed by atoms with Crippen molar-refractivity contribution in [1.29, 1.82) is 0 Å². The number of carbonyl (C=O) groups is 1. The molecule has 2 N–H and O–H groups in total. The molecule has 1 aliphatic rings. The van der Waals surface area contributed by atoms with Crippen molar-refractivity contribution in [3.05, 3.63) is 65.2 Å². The predicted octanol–water partition coefficient (Wildman–Crippen LogP) is 3.31. The second-order valence-electron chi connectivity index (χ2n) is 5.99. The summed E-state index contributed by atoms with van der Waals surface area (Å²) in [6, 6.07) is 11.8. The number of hydrogen-bond acceptors (Lipinski definition) is 4. The molecule has 0 saturated carbocycles. The molecule has 26 heavy (non-hydrogen) atoms. The summed E-state index contributed by atoms with van der Waals surface area (Å²) < 4.78 is 39.5. The van der Waals surface area contributed by atoms with E-state index in [1.54, 1.807) is 19.1 Å². The molecule has 136 valence electrons. The minimum absolute atomic E-state index is 0.0866. The summed E-state index contributed by atoms with van der Waals surface area (Å²) in [6.45, 7) is 1.55. The summed E-state index contributed by atoms with van der Waals surface area (Å²) in [5.74, 6) is -1.40. The van der Waals surface area contributed by atoms with Crippen LogP contribution in [0, 0.1) is 6.92 Å². The topological polar surface area (TPSA) is 73.1 Å². The minimum Gasteiger partial charge on any atom is -0.507 e. The number of para-hydroxylation sites is 1. The third kappa shape index (κ3) is 2.92. The lowest BCUT2D eigenvalue weighted by Gasteiger charge is -2.31. The lowest BCUT2D eigenvalue weighted by Crippen LogP contribution is -2.43. The molecule has 0 unspecified atom stereocenters. The fourth-order valence-electron chi connectivity index (χ4n) is 2.79. The number of hydrazone groups is 1. The van der Waals surface area contributed by atoms with Gasteiger partial charge >= 0.3 is 6.18 Å². The van der Waals surface area contributed by atoms with Crippen molar-refractivity contribution in [1.82, 2.24) is 5.01 Å². The standard InChI is InChI=1S/C18H15F3N2O3/c1-11-6-5-9-13(15(11)24)16(25)23-17(26,12-7-3-2-4-8-12)10-14(22-23)18(19,20)21/h2-9,24,26H,10H2,1H3/t17-/m0/s1. The molecule has 5 nitrogen and oxygen atoms in total. The van der Waals surface area contributed by atoms with E-state index in [2.05, 4.69) is 5.10 Å². The molecule has 0 bridgehead atoms. The first kappa shape index (κ1) is 17.9. The lowest BCUT2D eigenvalue weighted by atomic mass is 9.96. The van der Waals surface area contributed by atoms with Crippen molar-refractivity contribution in [3.8, 4) is 5.75 Å². The summed E-state index contributed by atoms with van der Waals surface area (Å²) in [5.41, 5.74) is -3.36. The van der Waals surface area contributed by atoms with E-state index in [0.29, 0.717) is 10.6 Å². The van der Waals surface area contributed by atoms with E-state index in [4.69, 9.17) is 0 Å². The molecular weight excluding hydrogens is 349 g/mol. The summed E-state index contributed by atoms with van der Waals surface area (Å²) in [7, 11) is 0. The van der Waals surface area contributed by atoms with Crippen LogP contribution in [0.5, 0.6) is 5.75 Å². The molecule has 0 fully saturated rings. The van der Waals surface area contributed by atoms with Gasteiger partial charge in [-0.2, -0.15) is 23.3 Å². The van der Waals surface area contributed by atoms with Crippen molar-refractivity contribution >= 4 is 11.6 Å². The van der Waals surface area contributed by atoms with Crippen LogP contribution in [0.15, 0.2) is 53.6 Å². The van der Waals surface area contributed by atoms with Crippen LogP contribution in [-0.4, -0.2) is 33.0 Å². The molecule has 8 heteroatoms. The molecule has 0 saturated heterocycles. The fraction of sp³-hybridized carbons (Fsp3) is 0.222. The van der Waals surface area contributed by atoms with Crippen molar-refractivity contribution in [2.24, 2.45) is 5.10 Å². The van der Waals surface area contributed by atoms with Gasteiger partial charge in [-0.15, -0.1) is 0 Å². The molecule has 0 aliphatic carbocycles. The number of alkyl halides is 3. The molecule has 0 radical (unpaired) electrons. The smallest absolute Gasteiger partial charge is 0.431 e. The molecule has 0 aromatic heterocycles. The van der Waals surface area contributed by atoms with Crippen molar-refractivity contribution in [3.63, 3.8) is 0 Å². The van der Waals surface area contributed by atoms with Crippen LogP contribution in [-0.2, 0) is 5.72 Å². The van der Waals surface area contributed by atoms with Gasteiger partial charge in [0.1, 0.15) is 11.5 Å². The van der Waals surface area contributed by atoms with Crippen LogP contribution in [0.4, 0.5) is 13.2 Å². The van der Waals surface area contributed by atoms with E-state index in [-0.39, 0.29) is 16.9 Å². The van der Waals surface area contributed by atoms with Gasteiger partial charge in [0.25, 0.3) is 5.91 Å². The summed E-state index contributed by atoms with van der Waals surface area (Å²) in [4.78, 5) is 12.8. The Morgan fingerprint density at radius 3 is 2.42 bits per heavy atom. The Morgan fingerprint density at radius 1 is 1.15 bits per heavy atom. The van der Waals surface area contributed by atoms with E-state index in [0.717, 1.165) is 0 Å². The van der Waals surface area contributed by atoms with E-state index >= 15 is 0 Å². The molecular formula is C18H15F3N2O3. The second-order valence-corrected chi connectivity index (χ2v) is 5.99. The van der Waals surface area contributed by atoms with Gasteiger partial charge in [-0.25, -0.2) is 0 Å². The largest absolute Gasteiger partial charge is 0.507 e. The number of phenols is 1. The molecule has 3 rings (SSSR count). The molecule has 1 aliphatic heterocycles. The quantitative estimate of drug-likeness (QED) is 0.859. The van der Waals surface area contributed by atoms with Gasteiger partial charge in [0.15, 0.2) is 5.72 Å². The highest BCUT2D eigenvalue weighted by Crippen LogP contribution is 2.41. The molecule has 2 aromatic rings. The molecule has 1 atom stereocenters. The van der Waals surface area contributed by atoms with Gasteiger partial charge in [0.2, 0.25) is 0 Å². The van der Waals surface area contributed by atoms with Gasteiger partial charge in [-0.1, -0.05) is 42.5 Å². The third-order valence-electron chi connectivity index (χ3n) is 4.21. The first-order chi connectivity index (χ1) is 12.1. The minimum atomic E-state index is -4.80. The highest BCUT2D eigenvalue weighted by molar-refractivity contribution is 6.01. The highest BCUT2D eigenvalue weighted by atomic mass is 19.4. The number of hydrogen-bond donors (Lipinski definition) is 2. The van der Waals surface area contributed by atoms with Crippen LogP contribution in [0.3, 0.4) is 0 Å². The highest BCUT2D eigenvalue weighted by Gasteiger charge is 2.53. The zero-order chi connectivity index (χ0) is 19.1. The van der Waals surface area contributed by atoms with Crippen molar-refractivity contribution in [2.75, 3.05) is 0 Å². The Balaban J connectivity index is 2.12. The van der Waals surface area contributed by atoms with Gasteiger partial charge in [-0.3, -0.25) is 4.79 Å². The normalized spacial score (nSPS) is 20.2. The Kier molecular flexibility index (Phi) is 4.23. The number of nitrogens with zero attached hydrogens (tertiary/aromatic N) is 2. The lowest BCUT2D eigenvalue weighted by molar-refractivity contribution is -0.0816. The fourth-order valence-corrected chi connectivity index (χ4v) is 2.79. The number of aromatic hydroxyl groups is 1. The zero-order valence-electron chi connectivity index (χ0n) is 13.7. The number of aryl methyl sites for hydroxylation is 1. The first-order valence-corrected chi connectivity index (χ1v) is 7.70. The zero-order valence-corrected chi connectivity index (χ0v) is 13.7. The molecule has 2 aromatic carbocycles. The number of amides is 1. The number of aliphatic hydroxyl groups is 1. The second kappa shape index (κ2) is 6.14. The van der Waals surface area contributed by atoms with Crippen molar-refractivity contribution in [2.45, 2.75) is 25.2 Å². The van der Waals surface area contributed by atoms with Crippen LogP contribution >= 0.6 is 0 Å². The maximum Gasteiger partial charge on any atom is 0.431 e. The summed E-state index contributed by atoms with van der Waals surface area (Å²) in [5, 5.41) is 24.8. The molecule has 1 heterocycles. The number of rotatable bonds is 2. The van der Waals surface area contributed by atoms with Gasteiger partial charge < -0.3 is 10.2 Å². The number of phenolic OH excluding ortho intramolecular Hbond substituents is 1. The molecule has 0 spiro atoms. The van der Waals surface area contributed by atoms with E-state index < -0.39 is 29.9 Å². The average molecular weight is 364 g/mol. The Morgan fingerprint density at radius 2 is 1.81 bits per heavy atom. The first-order valence-electron chi connectivity index (χ1n) is 7.70. The Bertz CT molecular complexity index is 881. The van der Waals surface area contributed by atoms with Crippen LogP contribution < -0.4 is 0 Å². The maximum atomic E-state index is 13.2. The maximum absolute atomic E-state index is 13.2. The molecule has 1 amide bonds. The Labute approximate surface area is 147 Å². The third-order valence-corrected chi connectivity index (χ3v) is 4.21. The van der Waals surface area contributed by atoms with E-state index in [9.17, 15) is 28.2 Å².